The first-order chi connectivity index (χ1) is 14.8. The number of aromatic hydroxyl groups is 1. The molecule has 4 atom stereocenters. The molecule has 0 saturated carbocycles. The van der Waals surface area contributed by atoms with Crippen LogP contribution in [0.25, 0.3) is 6.08 Å². The number of likely N-dealkylation sites (tertiary alicyclic amines) is 1. The summed E-state index contributed by atoms with van der Waals surface area (Å²) in [5, 5.41) is 9.97. The van der Waals surface area contributed by atoms with Gasteiger partial charge >= 0.3 is 6.09 Å². The summed E-state index contributed by atoms with van der Waals surface area (Å²) in [4.78, 5) is 38.2. The van der Waals surface area contributed by atoms with Gasteiger partial charge < -0.3 is 14.6 Å². The zero-order valence-corrected chi connectivity index (χ0v) is 18.0. The van der Waals surface area contributed by atoms with Crippen LogP contribution in [0.2, 0.25) is 0 Å². The van der Waals surface area contributed by atoms with Crippen LogP contribution in [-0.4, -0.2) is 47.7 Å². The summed E-state index contributed by atoms with van der Waals surface area (Å²) >= 11 is 0. The first kappa shape index (κ1) is 21.3. The molecule has 31 heavy (non-hydrogen) atoms. The van der Waals surface area contributed by atoms with E-state index in [4.69, 9.17) is 4.74 Å². The van der Waals surface area contributed by atoms with Crippen LogP contribution in [0.15, 0.2) is 41.0 Å². The van der Waals surface area contributed by atoms with Gasteiger partial charge in [-0.1, -0.05) is 35.4 Å². The molecule has 2 aliphatic heterocycles. The number of phenolic OH excluding ortho intramolecular Hbond substituents is 1. The molecule has 2 saturated heterocycles. The molecule has 2 fully saturated rings. The van der Waals surface area contributed by atoms with E-state index in [0.29, 0.717) is 17.9 Å². The number of phenols is 1. The SMILES string of the molecule is COC(=O)N1C(=O)[C@@H]2[C@@H](CC(C)=C3[C@@H](CC/C(C)=C/c4ccccc4O)OC[C@@H]32)C1=O. The van der Waals surface area contributed by atoms with Crippen molar-refractivity contribution in [3.63, 3.8) is 0 Å². The molecule has 0 spiro atoms. The lowest BCUT2D eigenvalue weighted by Crippen LogP contribution is -2.37. The van der Waals surface area contributed by atoms with Crippen LogP contribution in [0.4, 0.5) is 4.79 Å². The van der Waals surface area contributed by atoms with Gasteiger partial charge in [0.1, 0.15) is 5.75 Å². The van der Waals surface area contributed by atoms with Crippen molar-refractivity contribution in [1.82, 2.24) is 4.90 Å². The molecule has 0 aromatic heterocycles. The number of benzene rings is 1. The fourth-order valence-electron chi connectivity index (χ4n) is 5.21. The van der Waals surface area contributed by atoms with Crippen molar-refractivity contribution in [2.75, 3.05) is 13.7 Å². The third-order valence-corrected chi connectivity index (χ3v) is 6.65. The zero-order chi connectivity index (χ0) is 22.3. The molecule has 1 aromatic carbocycles. The van der Waals surface area contributed by atoms with Crippen LogP contribution in [-0.2, 0) is 19.1 Å². The molecular weight excluding hydrogens is 398 g/mol. The number of fused-ring (bicyclic) bond motifs is 3. The van der Waals surface area contributed by atoms with Crippen LogP contribution in [0.3, 0.4) is 0 Å². The fraction of sp³-hybridized carbons (Fsp3) is 0.458. The number of para-hydroxylation sites is 1. The second kappa shape index (κ2) is 8.30. The molecule has 1 aliphatic carbocycles. The van der Waals surface area contributed by atoms with E-state index in [2.05, 4.69) is 4.74 Å². The maximum atomic E-state index is 12.9. The quantitative estimate of drug-likeness (QED) is 0.584. The Morgan fingerprint density at radius 2 is 2.00 bits per heavy atom. The minimum Gasteiger partial charge on any atom is -0.507 e. The normalized spacial score (nSPS) is 28.1. The minimum atomic E-state index is -0.913. The minimum absolute atomic E-state index is 0.117. The summed E-state index contributed by atoms with van der Waals surface area (Å²) in [6.45, 7) is 4.38. The lowest BCUT2D eigenvalue weighted by atomic mass is 9.70. The molecule has 7 heteroatoms. The number of methoxy groups -OCH3 is 1. The van der Waals surface area contributed by atoms with Gasteiger partial charge in [0, 0.05) is 11.5 Å². The summed E-state index contributed by atoms with van der Waals surface area (Å²) in [5.41, 5.74) is 4.07. The predicted octanol–water partition coefficient (Wildman–Crippen LogP) is 3.68. The highest BCUT2D eigenvalue weighted by Gasteiger charge is 2.58. The average Bonchev–Trinajstić information content (AvgIpc) is 3.27. The predicted molar refractivity (Wildman–Crippen MR) is 113 cm³/mol. The third kappa shape index (κ3) is 3.67. The van der Waals surface area contributed by atoms with Gasteiger partial charge in [-0.25, -0.2) is 4.79 Å². The summed E-state index contributed by atoms with van der Waals surface area (Å²) in [7, 11) is 1.17. The number of ether oxygens (including phenoxy) is 2. The van der Waals surface area contributed by atoms with Crippen molar-refractivity contribution in [2.24, 2.45) is 17.8 Å². The van der Waals surface area contributed by atoms with Gasteiger partial charge in [-0.05, 0) is 44.7 Å². The molecule has 4 rings (SSSR count). The first-order valence-electron chi connectivity index (χ1n) is 10.6. The molecular formula is C24H27NO6. The van der Waals surface area contributed by atoms with Gasteiger partial charge in [0.15, 0.2) is 0 Å². The van der Waals surface area contributed by atoms with Gasteiger partial charge in [0.05, 0.1) is 31.7 Å². The molecule has 3 aliphatic rings. The van der Waals surface area contributed by atoms with Crippen molar-refractivity contribution < 1.29 is 29.0 Å². The average molecular weight is 425 g/mol. The number of imide groups is 3. The Hall–Kier alpha value is -2.93. The van der Waals surface area contributed by atoms with Crippen LogP contribution in [0.1, 0.15) is 38.7 Å². The highest BCUT2D eigenvalue weighted by molar-refractivity contribution is 6.16. The Bertz CT molecular complexity index is 994. The molecule has 0 unspecified atom stereocenters. The Morgan fingerprint density at radius 1 is 1.26 bits per heavy atom. The molecule has 1 aromatic rings. The van der Waals surface area contributed by atoms with Crippen LogP contribution in [0.5, 0.6) is 5.75 Å². The van der Waals surface area contributed by atoms with E-state index in [1.54, 1.807) is 12.1 Å². The van der Waals surface area contributed by atoms with E-state index in [9.17, 15) is 19.5 Å². The van der Waals surface area contributed by atoms with Gasteiger partial charge in [0.25, 0.3) is 0 Å². The van der Waals surface area contributed by atoms with Gasteiger partial charge in [-0.2, -0.15) is 4.90 Å². The van der Waals surface area contributed by atoms with Gasteiger partial charge in [0.2, 0.25) is 11.8 Å². The largest absolute Gasteiger partial charge is 0.507 e. The molecule has 7 nitrogen and oxygen atoms in total. The van der Waals surface area contributed by atoms with Gasteiger partial charge in [-0.3, -0.25) is 9.59 Å². The van der Waals surface area contributed by atoms with Crippen LogP contribution in [0, 0.1) is 17.8 Å². The highest BCUT2D eigenvalue weighted by Crippen LogP contribution is 2.49. The van der Waals surface area contributed by atoms with E-state index < -0.39 is 29.7 Å². The summed E-state index contributed by atoms with van der Waals surface area (Å²) in [6, 6.07) is 7.20. The van der Waals surface area contributed by atoms with E-state index in [0.717, 1.165) is 35.1 Å². The third-order valence-electron chi connectivity index (χ3n) is 6.65. The van der Waals surface area contributed by atoms with Crippen molar-refractivity contribution >= 4 is 24.0 Å². The first-order valence-corrected chi connectivity index (χ1v) is 10.6. The molecule has 164 valence electrons. The number of hydrogen-bond donors (Lipinski definition) is 1. The highest BCUT2D eigenvalue weighted by atomic mass is 16.5. The van der Waals surface area contributed by atoms with Crippen LogP contribution >= 0.6 is 0 Å². The number of carbonyl (C=O) groups excluding carboxylic acids is 3. The van der Waals surface area contributed by atoms with E-state index in [-0.39, 0.29) is 17.8 Å². The number of rotatable bonds is 4. The molecule has 3 amide bonds. The lowest BCUT2D eigenvalue weighted by Gasteiger charge is -2.30. The molecule has 0 radical (unpaired) electrons. The maximum Gasteiger partial charge on any atom is 0.423 e. The Balaban J connectivity index is 1.50. The summed E-state index contributed by atoms with van der Waals surface area (Å²) in [6.07, 6.45) is 2.92. The lowest BCUT2D eigenvalue weighted by molar-refractivity contribution is -0.137. The number of nitrogens with zero attached hydrogens (tertiary/aromatic N) is 1. The Kier molecular flexibility index (Phi) is 5.71. The number of hydrogen-bond acceptors (Lipinski definition) is 6. The molecule has 0 bridgehead atoms. The second-order valence-electron chi connectivity index (χ2n) is 8.57. The fourth-order valence-corrected chi connectivity index (χ4v) is 5.21. The number of amides is 3. The Morgan fingerprint density at radius 3 is 2.71 bits per heavy atom. The molecule has 1 N–H and O–H groups in total. The van der Waals surface area contributed by atoms with E-state index >= 15 is 0 Å². The maximum absolute atomic E-state index is 12.9. The Labute approximate surface area is 181 Å². The molecule has 2 heterocycles. The standard InChI is InChI=1S/C24H27NO6/c1-13(10-15-6-4-5-7-18(15)26)8-9-19-20-14(2)11-16-21(17(20)12-31-19)23(28)25(22(16)27)24(29)30-3/h4-7,10,16-17,19,21,26H,8-9,11-12H2,1-3H3/b13-10+/t16-,17+,19-,21-/m1/s1. The van der Waals surface area contributed by atoms with Crippen molar-refractivity contribution in [2.45, 2.75) is 39.2 Å². The monoisotopic (exact) mass is 425 g/mol. The summed E-state index contributed by atoms with van der Waals surface area (Å²) in [5.74, 6) is -1.96. The zero-order valence-electron chi connectivity index (χ0n) is 18.0. The smallest absolute Gasteiger partial charge is 0.423 e. The van der Waals surface area contributed by atoms with Gasteiger partial charge in [-0.15, -0.1) is 0 Å². The summed E-state index contributed by atoms with van der Waals surface area (Å²) < 4.78 is 10.7. The van der Waals surface area contributed by atoms with Crippen molar-refractivity contribution in [1.29, 1.82) is 0 Å². The van der Waals surface area contributed by atoms with Crippen molar-refractivity contribution in [3.05, 3.63) is 46.5 Å². The van der Waals surface area contributed by atoms with Crippen molar-refractivity contribution in [3.8, 4) is 5.75 Å². The topological polar surface area (TPSA) is 93.1 Å². The van der Waals surface area contributed by atoms with Crippen LogP contribution < -0.4 is 0 Å². The second-order valence-corrected chi connectivity index (χ2v) is 8.57. The number of allylic oxidation sites excluding steroid dienone is 2. The number of carbonyl (C=O) groups is 3. The van der Waals surface area contributed by atoms with E-state index in [1.807, 2.05) is 32.1 Å². The van der Waals surface area contributed by atoms with E-state index in [1.165, 1.54) is 7.11 Å².